The highest BCUT2D eigenvalue weighted by Crippen LogP contribution is 2.13. The predicted octanol–water partition coefficient (Wildman–Crippen LogP) is 1.40. The SMILES string of the molecule is Cc1cc(C)cc(NC(=O)NC2CNC2)c1. The maximum atomic E-state index is 11.6. The average molecular weight is 219 g/mol. The maximum absolute atomic E-state index is 11.6. The first kappa shape index (κ1) is 11.0. The van der Waals surface area contributed by atoms with Gasteiger partial charge >= 0.3 is 6.03 Å². The second-order valence-corrected chi connectivity index (χ2v) is 4.33. The van der Waals surface area contributed by atoms with E-state index in [4.69, 9.17) is 0 Å². The van der Waals surface area contributed by atoms with Crippen LogP contribution in [-0.2, 0) is 0 Å². The fourth-order valence-electron chi connectivity index (χ4n) is 1.79. The number of aryl methyl sites for hydroxylation is 2. The molecule has 0 bridgehead atoms. The number of carbonyl (C=O) groups is 1. The fraction of sp³-hybridized carbons (Fsp3) is 0.417. The first-order valence-electron chi connectivity index (χ1n) is 5.50. The molecule has 1 aromatic rings. The lowest BCUT2D eigenvalue weighted by molar-refractivity contribution is 0.243. The Morgan fingerprint density at radius 3 is 2.38 bits per heavy atom. The number of amides is 2. The summed E-state index contributed by atoms with van der Waals surface area (Å²) >= 11 is 0. The van der Waals surface area contributed by atoms with Crippen molar-refractivity contribution in [1.29, 1.82) is 0 Å². The molecular weight excluding hydrogens is 202 g/mol. The van der Waals surface area contributed by atoms with Gasteiger partial charge in [0.25, 0.3) is 0 Å². The van der Waals surface area contributed by atoms with Crippen LogP contribution in [0, 0.1) is 13.8 Å². The third-order valence-electron chi connectivity index (χ3n) is 2.60. The van der Waals surface area contributed by atoms with E-state index in [2.05, 4.69) is 22.0 Å². The van der Waals surface area contributed by atoms with Gasteiger partial charge < -0.3 is 16.0 Å². The molecular formula is C12H17N3O. The molecule has 0 atom stereocenters. The average Bonchev–Trinajstić information content (AvgIpc) is 2.09. The number of hydrogen-bond donors (Lipinski definition) is 3. The number of nitrogens with one attached hydrogen (secondary N) is 3. The first-order valence-corrected chi connectivity index (χ1v) is 5.50. The number of benzene rings is 1. The van der Waals surface area contributed by atoms with Crippen molar-refractivity contribution in [2.24, 2.45) is 0 Å². The van der Waals surface area contributed by atoms with Crippen LogP contribution in [0.3, 0.4) is 0 Å². The van der Waals surface area contributed by atoms with E-state index in [0.29, 0.717) is 0 Å². The topological polar surface area (TPSA) is 53.2 Å². The fourth-order valence-corrected chi connectivity index (χ4v) is 1.79. The van der Waals surface area contributed by atoms with E-state index in [1.165, 1.54) is 0 Å². The Morgan fingerprint density at radius 1 is 1.25 bits per heavy atom. The van der Waals surface area contributed by atoms with E-state index in [9.17, 15) is 4.79 Å². The van der Waals surface area contributed by atoms with E-state index in [1.807, 2.05) is 26.0 Å². The molecule has 4 nitrogen and oxygen atoms in total. The highest BCUT2D eigenvalue weighted by atomic mass is 16.2. The van der Waals surface area contributed by atoms with Crippen LogP contribution in [0.2, 0.25) is 0 Å². The van der Waals surface area contributed by atoms with Crippen molar-refractivity contribution in [2.75, 3.05) is 18.4 Å². The van der Waals surface area contributed by atoms with Crippen molar-refractivity contribution in [3.8, 4) is 0 Å². The molecule has 0 aromatic heterocycles. The van der Waals surface area contributed by atoms with Crippen LogP contribution in [0.15, 0.2) is 18.2 Å². The van der Waals surface area contributed by atoms with Crippen LogP contribution in [0.4, 0.5) is 10.5 Å². The number of anilines is 1. The lowest BCUT2D eigenvalue weighted by atomic mass is 10.1. The van der Waals surface area contributed by atoms with Gasteiger partial charge in [0.05, 0.1) is 6.04 Å². The first-order chi connectivity index (χ1) is 7.63. The van der Waals surface area contributed by atoms with Crippen molar-refractivity contribution < 1.29 is 4.79 Å². The second kappa shape index (κ2) is 4.53. The molecule has 1 fully saturated rings. The minimum absolute atomic E-state index is 0.128. The van der Waals surface area contributed by atoms with Gasteiger partial charge in [0, 0.05) is 18.8 Å². The van der Waals surface area contributed by atoms with Gasteiger partial charge in [-0.1, -0.05) is 6.07 Å². The van der Waals surface area contributed by atoms with Gasteiger partial charge in [-0.25, -0.2) is 4.79 Å². The van der Waals surface area contributed by atoms with E-state index in [1.54, 1.807) is 0 Å². The summed E-state index contributed by atoms with van der Waals surface area (Å²) in [5.74, 6) is 0. The molecule has 2 rings (SSSR count). The largest absolute Gasteiger partial charge is 0.333 e. The Bertz CT molecular complexity index is 379. The molecule has 0 spiro atoms. The number of urea groups is 1. The minimum Gasteiger partial charge on any atom is -0.333 e. The van der Waals surface area contributed by atoms with Crippen molar-refractivity contribution in [3.05, 3.63) is 29.3 Å². The van der Waals surface area contributed by atoms with Gasteiger partial charge in [0.15, 0.2) is 0 Å². The zero-order valence-corrected chi connectivity index (χ0v) is 9.63. The zero-order valence-electron chi connectivity index (χ0n) is 9.63. The van der Waals surface area contributed by atoms with Gasteiger partial charge in [-0.2, -0.15) is 0 Å². The zero-order chi connectivity index (χ0) is 11.5. The molecule has 0 unspecified atom stereocenters. The van der Waals surface area contributed by atoms with Crippen molar-refractivity contribution in [2.45, 2.75) is 19.9 Å². The van der Waals surface area contributed by atoms with E-state index in [-0.39, 0.29) is 12.1 Å². The molecule has 3 N–H and O–H groups in total. The van der Waals surface area contributed by atoms with E-state index >= 15 is 0 Å². The van der Waals surface area contributed by atoms with Gasteiger partial charge in [0.1, 0.15) is 0 Å². The van der Waals surface area contributed by atoms with Crippen LogP contribution >= 0.6 is 0 Å². The third-order valence-corrected chi connectivity index (χ3v) is 2.60. The Morgan fingerprint density at radius 2 is 1.88 bits per heavy atom. The monoisotopic (exact) mass is 219 g/mol. The van der Waals surface area contributed by atoms with Crippen LogP contribution in [0.5, 0.6) is 0 Å². The molecule has 2 amide bonds. The summed E-state index contributed by atoms with van der Waals surface area (Å²) in [5.41, 5.74) is 3.16. The quantitative estimate of drug-likeness (QED) is 0.704. The van der Waals surface area contributed by atoms with Crippen LogP contribution < -0.4 is 16.0 Å². The van der Waals surface area contributed by atoms with Crippen molar-refractivity contribution in [3.63, 3.8) is 0 Å². The second-order valence-electron chi connectivity index (χ2n) is 4.33. The van der Waals surface area contributed by atoms with Gasteiger partial charge in [-0.15, -0.1) is 0 Å². The predicted molar refractivity (Wildman–Crippen MR) is 64.7 cm³/mol. The lowest BCUT2D eigenvalue weighted by Gasteiger charge is -2.27. The molecule has 1 saturated heterocycles. The number of hydrogen-bond acceptors (Lipinski definition) is 2. The molecule has 4 heteroatoms. The van der Waals surface area contributed by atoms with Crippen LogP contribution in [-0.4, -0.2) is 25.2 Å². The van der Waals surface area contributed by atoms with Gasteiger partial charge in [-0.3, -0.25) is 0 Å². The molecule has 86 valence electrons. The van der Waals surface area contributed by atoms with Gasteiger partial charge in [0.2, 0.25) is 0 Å². The van der Waals surface area contributed by atoms with Gasteiger partial charge in [-0.05, 0) is 37.1 Å². The molecule has 1 aromatic carbocycles. The smallest absolute Gasteiger partial charge is 0.319 e. The van der Waals surface area contributed by atoms with Crippen molar-refractivity contribution >= 4 is 11.7 Å². The number of carbonyl (C=O) groups excluding carboxylic acids is 1. The molecule has 0 aliphatic carbocycles. The van der Waals surface area contributed by atoms with E-state index in [0.717, 1.165) is 29.9 Å². The van der Waals surface area contributed by atoms with E-state index < -0.39 is 0 Å². The molecule has 0 saturated carbocycles. The summed E-state index contributed by atoms with van der Waals surface area (Å²) < 4.78 is 0. The third kappa shape index (κ3) is 2.73. The summed E-state index contributed by atoms with van der Waals surface area (Å²) in [4.78, 5) is 11.6. The summed E-state index contributed by atoms with van der Waals surface area (Å²) in [6.45, 7) is 5.76. The summed E-state index contributed by atoms with van der Waals surface area (Å²) in [6, 6.07) is 6.15. The highest BCUT2D eigenvalue weighted by molar-refractivity contribution is 5.89. The van der Waals surface area contributed by atoms with Crippen molar-refractivity contribution in [1.82, 2.24) is 10.6 Å². The Labute approximate surface area is 95.4 Å². The molecule has 16 heavy (non-hydrogen) atoms. The lowest BCUT2D eigenvalue weighted by Crippen LogP contribution is -2.57. The Kier molecular flexibility index (Phi) is 3.10. The molecule has 1 heterocycles. The highest BCUT2D eigenvalue weighted by Gasteiger charge is 2.18. The normalized spacial score (nSPS) is 15.4. The number of rotatable bonds is 2. The Balaban J connectivity index is 1.94. The summed E-state index contributed by atoms with van der Waals surface area (Å²) in [7, 11) is 0. The minimum atomic E-state index is -0.128. The standard InChI is InChI=1S/C12H17N3O/c1-8-3-9(2)5-10(4-8)14-12(16)15-11-6-13-7-11/h3-5,11,13H,6-7H2,1-2H3,(H2,14,15,16). The Hall–Kier alpha value is -1.55. The summed E-state index contributed by atoms with van der Waals surface area (Å²) in [6.07, 6.45) is 0. The molecule has 1 aliphatic rings. The van der Waals surface area contributed by atoms with Crippen LogP contribution in [0.25, 0.3) is 0 Å². The summed E-state index contributed by atoms with van der Waals surface area (Å²) in [5, 5.41) is 8.84. The van der Waals surface area contributed by atoms with Crippen LogP contribution in [0.1, 0.15) is 11.1 Å². The molecule has 1 aliphatic heterocycles. The maximum Gasteiger partial charge on any atom is 0.319 e. The molecule has 0 radical (unpaired) electrons.